The highest BCUT2D eigenvalue weighted by Crippen LogP contribution is 2.38. The van der Waals surface area contributed by atoms with E-state index in [0.29, 0.717) is 5.56 Å². The molecule has 0 aromatic heterocycles. The second kappa shape index (κ2) is 13.6. The zero-order valence-electron chi connectivity index (χ0n) is 21.2. The van der Waals surface area contributed by atoms with Crippen molar-refractivity contribution in [3.8, 4) is 0 Å². The van der Waals surface area contributed by atoms with Gasteiger partial charge in [-0.25, -0.2) is 0 Å². The summed E-state index contributed by atoms with van der Waals surface area (Å²) in [6, 6.07) is 26.6. The summed E-state index contributed by atoms with van der Waals surface area (Å²) in [5.41, 5.74) is 2.18. The molecule has 216 valence electrons. The van der Waals surface area contributed by atoms with Crippen molar-refractivity contribution in [2.24, 2.45) is 0 Å². The van der Waals surface area contributed by atoms with Crippen LogP contribution in [0.4, 0.5) is 26.3 Å². The minimum absolute atomic E-state index is 0.00338. The van der Waals surface area contributed by atoms with Gasteiger partial charge < -0.3 is 23.7 Å². The van der Waals surface area contributed by atoms with Gasteiger partial charge in [-0.05, 0) is 16.7 Å². The third kappa shape index (κ3) is 8.52. The van der Waals surface area contributed by atoms with E-state index in [-0.39, 0.29) is 26.4 Å². The third-order valence-electron chi connectivity index (χ3n) is 6.13. The lowest BCUT2D eigenvalue weighted by Gasteiger charge is -2.43. The molecule has 3 aromatic carbocycles. The Morgan fingerprint density at radius 1 is 0.600 bits per heavy atom. The van der Waals surface area contributed by atoms with Gasteiger partial charge in [0.1, 0.15) is 18.3 Å². The van der Waals surface area contributed by atoms with Crippen molar-refractivity contribution < 1.29 is 50.0 Å². The van der Waals surface area contributed by atoms with Gasteiger partial charge in [-0.2, -0.15) is 26.3 Å². The number of alkyl halides is 6. The summed E-state index contributed by atoms with van der Waals surface area (Å²) in [4.78, 5) is 0. The number of benzene rings is 3. The Morgan fingerprint density at radius 3 is 1.43 bits per heavy atom. The highest BCUT2D eigenvalue weighted by atomic mass is 19.4. The van der Waals surface area contributed by atoms with Crippen molar-refractivity contribution in [3.05, 3.63) is 108 Å². The van der Waals surface area contributed by atoms with Crippen molar-refractivity contribution >= 4 is 0 Å². The Balaban J connectivity index is 1.61. The van der Waals surface area contributed by atoms with E-state index in [1.807, 2.05) is 30.3 Å². The van der Waals surface area contributed by atoms with Crippen molar-refractivity contribution in [2.75, 3.05) is 6.61 Å². The molecule has 1 heterocycles. The SMILES string of the molecule is FC(F)(F)C(O[C@@H]1OC[C@@H](OCc2ccccc2)[C@H](OCc2ccccc2)[C@H]1OCc1ccccc1)C(F)(F)F. The molecule has 0 bridgehead atoms. The van der Waals surface area contributed by atoms with Crippen molar-refractivity contribution in [2.45, 2.75) is 62.9 Å². The van der Waals surface area contributed by atoms with Gasteiger partial charge in [0.05, 0.1) is 26.4 Å². The first-order chi connectivity index (χ1) is 19.1. The van der Waals surface area contributed by atoms with Crippen LogP contribution in [-0.2, 0) is 43.5 Å². The standard InChI is InChI=1S/C29H28F6O5/c30-28(31,32)27(29(33,34)35)40-26-25(38-18-22-14-8-3-9-15-22)24(37-17-21-12-6-2-7-13-21)23(19-39-26)36-16-20-10-4-1-5-11-20/h1-15,23-27H,16-19H2/t23-,24+,25-,26+/m1/s1. The molecule has 0 spiro atoms. The molecule has 4 rings (SSSR count). The molecule has 1 saturated heterocycles. The largest absolute Gasteiger partial charge is 0.423 e. The molecule has 0 saturated carbocycles. The summed E-state index contributed by atoms with van der Waals surface area (Å²) in [6.07, 6.45) is -21.1. The van der Waals surface area contributed by atoms with E-state index >= 15 is 0 Å². The molecule has 1 fully saturated rings. The first kappa shape index (κ1) is 30.0. The van der Waals surface area contributed by atoms with Gasteiger partial charge in [0.25, 0.3) is 6.10 Å². The Hall–Kier alpha value is -2.96. The summed E-state index contributed by atoms with van der Waals surface area (Å²) in [5.74, 6) is 0. The van der Waals surface area contributed by atoms with Crippen LogP contribution in [0.3, 0.4) is 0 Å². The Bertz CT molecular complexity index is 1130. The zero-order chi connectivity index (χ0) is 28.6. The Labute approximate surface area is 227 Å². The average Bonchev–Trinajstić information content (AvgIpc) is 2.93. The van der Waals surface area contributed by atoms with Crippen LogP contribution in [0.15, 0.2) is 91.0 Å². The zero-order valence-corrected chi connectivity index (χ0v) is 21.2. The van der Waals surface area contributed by atoms with E-state index in [2.05, 4.69) is 4.74 Å². The predicted molar refractivity (Wildman–Crippen MR) is 132 cm³/mol. The van der Waals surface area contributed by atoms with E-state index in [1.165, 1.54) is 0 Å². The summed E-state index contributed by atoms with van der Waals surface area (Å²) >= 11 is 0. The lowest BCUT2D eigenvalue weighted by molar-refractivity contribution is -0.382. The van der Waals surface area contributed by atoms with Crippen molar-refractivity contribution in [3.63, 3.8) is 0 Å². The molecular weight excluding hydrogens is 542 g/mol. The molecule has 40 heavy (non-hydrogen) atoms. The second-order valence-corrected chi connectivity index (χ2v) is 9.16. The number of ether oxygens (including phenoxy) is 5. The minimum Gasteiger partial charge on any atom is -0.368 e. The Kier molecular flexibility index (Phi) is 10.2. The minimum atomic E-state index is -5.73. The highest BCUT2D eigenvalue weighted by Gasteiger charge is 2.60. The maximum absolute atomic E-state index is 13.4. The lowest BCUT2D eigenvalue weighted by Crippen LogP contribution is -2.59. The lowest BCUT2D eigenvalue weighted by atomic mass is 10.0. The predicted octanol–water partition coefficient (Wildman–Crippen LogP) is 6.61. The fraction of sp³-hybridized carbons (Fsp3) is 0.379. The summed E-state index contributed by atoms with van der Waals surface area (Å²) in [6.45, 7) is -0.431. The van der Waals surface area contributed by atoms with Crippen LogP contribution in [0.1, 0.15) is 16.7 Å². The molecule has 1 aliphatic rings. The molecule has 0 unspecified atom stereocenters. The van der Waals surface area contributed by atoms with Gasteiger partial charge in [-0.1, -0.05) is 91.0 Å². The maximum Gasteiger partial charge on any atom is 0.423 e. The van der Waals surface area contributed by atoms with Crippen LogP contribution in [0, 0.1) is 0 Å². The molecule has 1 aliphatic heterocycles. The average molecular weight is 571 g/mol. The molecule has 0 radical (unpaired) electrons. The smallest absolute Gasteiger partial charge is 0.368 e. The van der Waals surface area contributed by atoms with E-state index in [1.54, 1.807) is 60.7 Å². The summed E-state index contributed by atoms with van der Waals surface area (Å²) < 4.78 is 108. The van der Waals surface area contributed by atoms with Crippen LogP contribution in [-0.4, -0.2) is 49.7 Å². The van der Waals surface area contributed by atoms with Crippen LogP contribution < -0.4 is 0 Å². The van der Waals surface area contributed by atoms with Gasteiger partial charge >= 0.3 is 12.4 Å². The van der Waals surface area contributed by atoms with Gasteiger partial charge in [0, 0.05) is 0 Å². The van der Waals surface area contributed by atoms with Crippen LogP contribution in [0.2, 0.25) is 0 Å². The monoisotopic (exact) mass is 570 g/mol. The molecule has 5 nitrogen and oxygen atoms in total. The quantitative estimate of drug-likeness (QED) is 0.243. The molecule has 4 atom stereocenters. The van der Waals surface area contributed by atoms with Gasteiger partial charge in [0.15, 0.2) is 6.29 Å². The van der Waals surface area contributed by atoms with Crippen molar-refractivity contribution in [1.82, 2.24) is 0 Å². The summed E-state index contributed by atoms with van der Waals surface area (Å²) in [7, 11) is 0. The molecular formula is C29H28F6O5. The van der Waals surface area contributed by atoms with E-state index in [0.717, 1.165) is 11.1 Å². The molecule has 0 aliphatic carbocycles. The van der Waals surface area contributed by atoms with Crippen LogP contribution in [0.25, 0.3) is 0 Å². The number of rotatable bonds is 11. The Morgan fingerprint density at radius 2 is 1.00 bits per heavy atom. The van der Waals surface area contributed by atoms with Crippen LogP contribution in [0.5, 0.6) is 0 Å². The fourth-order valence-electron chi connectivity index (χ4n) is 4.17. The fourth-order valence-corrected chi connectivity index (χ4v) is 4.17. The molecule has 0 amide bonds. The van der Waals surface area contributed by atoms with E-state index in [9.17, 15) is 26.3 Å². The van der Waals surface area contributed by atoms with E-state index < -0.39 is 43.1 Å². The second-order valence-electron chi connectivity index (χ2n) is 9.16. The van der Waals surface area contributed by atoms with Gasteiger partial charge in [-0.3, -0.25) is 0 Å². The van der Waals surface area contributed by atoms with Gasteiger partial charge in [0.2, 0.25) is 0 Å². The normalized spacial score (nSPS) is 22.0. The van der Waals surface area contributed by atoms with E-state index in [4.69, 9.17) is 18.9 Å². The molecule has 11 heteroatoms. The highest BCUT2D eigenvalue weighted by molar-refractivity contribution is 5.15. The first-order valence-corrected chi connectivity index (χ1v) is 12.5. The number of halogens is 6. The molecule has 0 N–H and O–H groups in total. The van der Waals surface area contributed by atoms with Crippen molar-refractivity contribution in [1.29, 1.82) is 0 Å². The van der Waals surface area contributed by atoms with Crippen LogP contribution >= 0.6 is 0 Å². The topological polar surface area (TPSA) is 46.2 Å². The summed E-state index contributed by atoms with van der Waals surface area (Å²) in [5, 5.41) is 0. The third-order valence-corrected chi connectivity index (χ3v) is 6.13. The number of hydrogen-bond acceptors (Lipinski definition) is 5. The molecule has 3 aromatic rings. The number of hydrogen-bond donors (Lipinski definition) is 0. The first-order valence-electron chi connectivity index (χ1n) is 12.5. The van der Waals surface area contributed by atoms with Gasteiger partial charge in [-0.15, -0.1) is 0 Å². The maximum atomic E-state index is 13.4.